The summed E-state index contributed by atoms with van der Waals surface area (Å²) in [5, 5.41) is 14.0. The summed E-state index contributed by atoms with van der Waals surface area (Å²) in [6.07, 6.45) is 3.32. The van der Waals surface area contributed by atoms with Crippen molar-refractivity contribution in [1.82, 2.24) is 15.2 Å². The second kappa shape index (κ2) is 7.08. The molecule has 0 saturated carbocycles. The van der Waals surface area contributed by atoms with E-state index in [1.807, 2.05) is 24.3 Å². The van der Waals surface area contributed by atoms with E-state index in [4.69, 9.17) is 4.74 Å². The molecule has 0 unspecified atom stereocenters. The number of methoxy groups -OCH3 is 1. The molecule has 1 aromatic heterocycles. The van der Waals surface area contributed by atoms with Crippen LogP contribution in [0.15, 0.2) is 43.1 Å². The van der Waals surface area contributed by atoms with Gasteiger partial charge in [-0.3, -0.25) is 0 Å². The zero-order chi connectivity index (χ0) is 14.2. The van der Waals surface area contributed by atoms with Crippen LogP contribution in [0.25, 0.3) is 0 Å². The van der Waals surface area contributed by atoms with Crippen LogP contribution >= 0.6 is 0 Å². The molecule has 0 aliphatic heterocycles. The van der Waals surface area contributed by atoms with E-state index in [2.05, 4.69) is 32.4 Å². The van der Waals surface area contributed by atoms with Crippen molar-refractivity contribution in [3.8, 4) is 5.75 Å². The zero-order valence-corrected chi connectivity index (χ0v) is 11.3. The lowest BCUT2D eigenvalue weighted by atomic mass is 10.2. The summed E-state index contributed by atoms with van der Waals surface area (Å²) in [6.45, 7) is 4.83. The van der Waals surface area contributed by atoms with Crippen molar-refractivity contribution >= 4 is 11.8 Å². The highest BCUT2D eigenvalue weighted by atomic mass is 16.5. The van der Waals surface area contributed by atoms with Gasteiger partial charge in [-0.1, -0.05) is 24.3 Å². The number of hydrogen-bond donors (Lipinski definition) is 2. The van der Waals surface area contributed by atoms with Gasteiger partial charge in [0.05, 0.1) is 13.3 Å². The van der Waals surface area contributed by atoms with E-state index in [-0.39, 0.29) is 0 Å². The molecule has 0 aliphatic carbocycles. The average molecular weight is 271 g/mol. The summed E-state index contributed by atoms with van der Waals surface area (Å²) >= 11 is 0. The Kier molecular flexibility index (Phi) is 4.88. The average Bonchev–Trinajstić information content (AvgIpc) is 2.51. The topological polar surface area (TPSA) is 72.0 Å². The first-order valence-electron chi connectivity index (χ1n) is 6.23. The Morgan fingerprint density at radius 3 is 2.95 bits per heavy atom. The fourth-order valence-corrected chi connectivity index (χ4v) is 1.66. The summed E-state index contributed by atoms with van der Waals surface area (Å²) in [5.74, 6) is 1.95. The van der Waals surface area contributed by atoms with Gasteiger partial charge in [0.1, 0.15) is 5.75 Å². The maximum absolute atomic E-state index is 5.29. The first-order valence-corrected chi connectivity index (χ1v) is 6.23. The molecule has 0 saturated heterocycles. The Bertz CT molecular complexity index is 573. The molecule has 6 heteroatoms. The Morgan fingerprint density at radius 1 is 1.30 bits per heavy atom. The summed E-state index contributed by atoms with van der Waals surface area (Å²) in [6, 6.07) is 7.79. The van der Waals surface area contributed by atoms with Crippen LogP contribution < -0.4 is 15.4 Å². The first kappa shape index (κ1) is 13.8. The molecular formula is C14H17N5O. The molecule has 0 aliphatic rings. The molecule has 0 spiro atoms. The molecule has 0 fully saturated rings. The van der Waals surface area contributed by atoms with Crippen molar-refractivity contribution in [2.75, 3.05) is 24.3 Å². The van der Waals surface area contributed by atoms with Gasteiger partial charge >= 0.3 is 0 Å². The summed E-state index contributed by atoms with van der Waals surface area (Å²) in [5.41, 5.74) is 1.03. The van der Waals surface area contributed by atoms with E-state index in [1.165, 1.54) is 0 Å². The lowest BCUT2D eigenvalue weighted by molar-refractivity contribution is 0.410. The molecule has 0 atom stereocenters. The minimum absolute atomic E-state index is 0.463. The van der Waals surface area contributed by atoms with E-state index in [0.29, 0.717) is 24.9 Å². The molecule has 6 nitrogen and oxygen atoms in total. The normalized spacial score (nSPS) is 9.85. The van der Waals surface area contributed by atoms with Crippen molar-refractivity contribution < 1.29 is 4.74 Å². The number of nitrogens with zero attached hydrogens (tertiary/aromatic N) is 3. The predicted molar refractivity (Wildman–Crippen MR) is 78.8 cm³/mol. The fourth-order valence-electron chi connectivity index (χ4n) is 1.66. The van der Waals surface area contributed by atoms with E-state index in [0.717, 1.165) is 11.3 Å². The third-order valence-electron chi connectivity index (χ3n) is 2.62. The number of para-hydroxylation sites is 1. The van der Waals surface area contributed by atoms with E-state index >= 15 is 0 Å². The van der Waals surface area contributed by atoms with E-state index in [1.54, 1.807) is 19.4 Å². The molecule has 2 aromatic rings. The van der Waals surface area contributed by atoms with Crippen molar-refractivity contribution in [1.29, 1.82) is 0 Å². The second-order valence-corrected chi connectivity index (χ2v) is 4.00. The van der Waals surface area contributed by atoms with Crippen LogP contribution in [0.4, 0.5) is 11.8 Å². The Balaban J connectivity index is 2.01. The Hall–Kier alpha value is -2.63. The SMILES string of the molecule is C=CCNc1cnnc(NCc2ccccc2OC)n1. The molecule has 0 amide bonds. The summed E-state index contributed by atoms with van der Waals surface area (Å²) in [4.78, 5) is 4.30. The number of rotatable bonds is 7. The molecule has 104 valence electrons. The molecule has 2 rings (SSSR count). The van der Waals surface area contributed by atoms with Crippen LogP contribution in [0.1, 0.15) is 5.56 Å². The number of benzene rings is 1. The summed E-state index contributed by atoms with van der Waals surface area (Å²) in [7, 11) is 1.65. The van der Waals surface area contributed by atoms with Gasteiger partial charge in [0.25, 0.3) is 0 Å². The van der Waals surface area contributed by atoms with E-state index < -0.39 is 0 Å². The van der Waals surface area contributed by atoms with Crippen LogP contribution in [-0.2, 0) is 6.54 Å². The van der Waals surface area contributed by atoms with E-state index in [9.17, 15) is 0 Å². The highest BCUT2D eigenvalue weighted by Crippen LogP contribution is 2.18. The molecule has 2 N–H and O–H groups in total. The van der Waals surface area contributed by atoms with Crippen LogP contribution in [0.2, 0.25) is 0 Å². The molecule has 0 bridgehead atoms. The third kappa shape index (κ3) is 3.68. The number of nitrogens with one attached hydrogen (secondary N) is 2. The van der Waals surface area contributed by atoms with Crippen molar-refractivity contribution in [2.45, 2.75) is 6.54 Å². The fraction of sp³-hybridized carbons (Fsp3) is 0.214. The molecular weight excluding hydrogens is 254 g/mol. The quantitative estimate of drug-likeness (QED) is 0.751. The first-order chi connectivity index (χ1) is 9.83. The smallest absolute Gasteiger partial charge is 0.244 e. The number of anilines is 2. The molecule has 20 heavy (non-hydrogen) atoms. The van der Waals surface area contributed by atoms with Gasteiger partial charge in [-0.05, 0) is 6.07 Å². The molecule has 0 radical (unpaired) electrons. The number of aromatic nitrogens is 3. The number of ether oxygens (including phenoxy) is 1. The van der Waals surface area contributed by atoms with Gasteiger partial charge in [0.15, 0.2) is 5.82 Å². The highest BCUT2D eigenvalue weighted by Gasteiger charge is 2.03. The molecule has 1 aromatic carbocycles. The largest absolute Gasteiger partial charge is 0.496 e. The lowest BCUT2D eigenvalue weighted by Crippen LogP contribution is -2.08. The van der Waals surface area contributed by atoms with Crippen LogP contribution in [-0.4, -0.2) is 28.8 Å². The van der Waals surface area contributed by atoms with Gasteiger partial charge < -0.3 is 15.4 Å². The van der Waals surface area contributed by atoms with Gasteiger partial charge in [0, 0.05) is 18.7 Å². The van der Waals surface area contributed by atoms with Crippen LogP contribution in [0, 0.1) is 0 Å². The predicted octanol–water partition coefficient (Wildman–Crippen LogP) is 2.09. The molecule has 1 heterocycles. The minimum atomic E-state index is 0.463. The maximum Gasteiger partial charge on any atom is 0.244 e. The highest BCUT2D eigenvalue weighted by molar-refractivity contribution is 5.40. The van der Waals surface area contributed by atoms with Crippen LogP contribution in [0.5, 0.6) is 5.75 Å². The monoisotopic (exact) mass is 271 g/mol. The Labute approximate surface area is 117 Å². The van der Waals surface area contributed by atoms with Crippen molar-refractivity contribution in [3.63, 3.8) is 0 Å². The van der Waals surface area contributed by atoms with Crippen molar-refractivity contribution in [2.24, 2.45) is 0 Å². The van der Waals surface area contributed by atoms with Gasteiger partial charge in [-0.25, -0.2) is 0 Å². The van der Waals surface area contributed by atoms with Crippen LogP contribution in [0.3, 0.4) is 0 Å². The zero-order valence-electron chi connectivity index (χ0n) is 11.3. The van der Waals surface area contributed by atoms with Gasteiger partial charge in [-0.15, -0.1) is 11.7 Å². The maximum atomic E-state index is 5.29. The second-order valence-electron chi connectivity index (χ2n) is 4.00. The van der Waals surface area contributed by atoms with Gasteiger partial charge in [0.2, 0.25) is 5.95 Å². The standard InChI is InChI=1S/C14H17N5O/c1-3-8-15-13-10-17-19-14(18-13)16-9-11-6-4-5-7-12(11)20-2/h3-7,10H,1,8-9H2,2H3,(H2,15,16,18,19). The Morgan fingerprint density at radius 2 is 2.15 bits per heavy atom. The van der Waals surface area contributed by atoms with Gasteiger partial charge in [-0.2, -0.15) is 10.1 Å². The van der Waals surface area contributed by atoms with Crippen molar-refractivity contribution in [3.05, 3.63) is 48.7 Å². The summed E-state index contributed by atoms with van der Waals surface area (Å²) < 4.78 is 5.29. The minimum Gasteiger partial charge on any atom is -0.496 e. The lowest BCUT2D eigenvalue weighted by Gasteiger charge is -2.09. The third-order valence-corrected chi connectivity index (χ3v) is 2.62. The number of hydrogen-bond acceptors (Lipinski definition) is 6.